The number of aryl methyl sites for hydroxylation is 1. The van der Waals surface area contributed by atoms with Gasteiger partial charge in [0.15, 0.2) is 5.82 Å². The summed E-state index contributed by atoms with van der Waals surface area (Å²) in [5, 5.41) is 10.1. The molecule has 1 aromatic heterocycles. The summed E-state index contributed by atoms with van der Waals surface area (Å²) < 4.78 is 3.00. The molecule has 0 radical (unpaired) electrons. The first kappa shape index (κ1) is 14.9. The minimum absolute atomic E-state index is 0.0715. The predicted octanol–water partition coefficient (Wildman–Crippen LogP) is 4.25. The van der Waals surface area contributed by atoms with Crippen molar-refractivity contribution in [1.82, 2.24) is 14.9 Å². The van der Waals surface area contributed by atoms with Gasteiger partial charge in [0.05, 0.1) is 0 Å². The van der Waals surface area contributed by atoms with Gasteiger partial charge in [0, 0.05) is 15.9 Å². The highest BCUT2D eigenvalue weighted by Crippen LogP contribution is 2.31. The molecule has 1 N–H and O–H groups in total. The number of hydrogen-bond donors (Lipinski definition) is 1. The maximum absolute atomic E-state index is 6.40. The molecule has 0 bridgehead atoms. The van der Waals surface area contributed by atoms with Crippen LogP contribution in [0.15, 0.2) is 40.0 Å². The van der Waals surface area contributed by atoms with Crippen LogP contribution in [0.1, 0.15) is 24.7 Å². The van der Waals surface area contributed by atoms with Gasteiger partial charge in [-0.2, -0.15) is 0 Å². The lowest BCUT2D eigenvalue weighted by atomic mass is 10.2. The third kappa shape index (κ3) is 3.27. The molecular formula is C14H14BrClN4S. The standard InChI is InChI=1S/C14H14BrClN4S/c1-2-3-12-17-18-14-20(12)19-13(21-14)8-11(16)9-4-6-10(15)7-5-9/h4-8,13,19H,2-3H2,1H3/b11-8-. The van der Waals surface area contributed by atoms with Gasteiger partial charge in [-0.1, -0.05) is 58.3 Å². The first-order chi connectivity index (χ1) is 10.2. The molecule has 110 valence electrons. The lowest BCUT2D eigenvalue weighted by molar-refractivity contribution is 0.726. The minimum Gasteiger partial charge on any atom is -0.305 e. The van der Waals surface area contributed by atoms with Crippen molar-refractivity contribution in [3.63, 3.8) is 0 Å². The second-order valence-corrected chi connectivity index (χ2v) is 7.10. The van der Waals surface area contributed by atoms with Gasteiger partial charge >= 0.3 is 0 Å². The monoisotopic (exact) mass is 384 g/mol. The van der Waals surface area contributed by atoms with Crippen LogP contribution in [0.2, 0.25) is 0 Å². The van der Waals surface area contributed by atoms with Crippen LogP contribution in [0, 0.1) is 0 Å². The van der Waals surface area contributed by atoms with Crippen LogP contribution in [0.25, 0.3) is 5.03 Å². The molecular weight excluding hydrogens is 372 g/mol. The molecule has 0 spiro atoms. The molecule has 7 heteroatoms. The van der Waals surface area contributed by atoms with Crippen LogP contribution in [0.4, 0.5) is 0 Å². The van der Waals surface area contributed by atoms with E-state index in [0.29, 0.717) is 0 Å². The summed E-state index contributed by atoms with van der Waals surface area (Å²) in [5.74, 6) is 0.968. The molecule has 1 aliphatic rings. The van der Waals surface area contributed by atoms with Gasteiger partial charge in [-0.25, -0.2) is 4.68 Å². The quantitative estimate of drug-likeness (QED) is 0.854. The van der Waals surface area contributed by atoms with Crippen molar-refractivity contribution < 1.29 is 0 Å². The zero-order chi connectivity index (χ0) is 14.8. The SMILES string of the molecule is CCCc1nnc2n1NC(/C=C(\Cl)c1ccc(Br)cc1)S2. The Morgan fingerprint density at radius 1 is 1.43 bits per heavy atom. The Labute approximate surface area is 141 Å². The van der Waals surface area contributed by atoms with Gasteiger partial charge in [-0.15, -0.1) is 10.2 Å². The largest absolute Gasteiger partial charge is 0.305 e. The summed E-state index contributed by atoms with van der Waals surface area (Å²) in [6.45, 7) is 2.13. The van der Waals surface area contributed by atoms with Crippen LogP contribution in [0.3, 0.4) is 0 Å². The fraction of sp³-hybridized carbons (Fsp3) is 0.286. The third-order valence-electron chi connectivity index (χ3n) is 3.08. The topological polar surface area (TPSA) is 42.7 Å². The number of rotatable bonds is 4. The molecule has 1 atom stereocenters. The van der Waals surface area contributed by atoms with Gasteiger partial charge in [0.1, 0.15) is 5.37 Å². The Morgan fingerprint density at radius 2 is 2.19 bits per heavy atom. The van der Waals surface area contributed by atoms with E-state index < -0.39 is 0 Å². The molecule has 4 nitrogen and oxygen atoms in total. The van der Waals surface area contributed by atoms with Crippen LogP contribution < -0.4 is 5.43 Å². The normalized spacial score (nSPS) is 17.7. The highest BCUT2D eigenvalue weighted by molar-refractivity contribution is 9.10. The molecule has 1 aliphatic heterocycles. The van der Waals surface area contributed by atoms with Crippen molar-refractivity contribution in [3.8, 4) is 0 Å². The molecule has 0 amide bonds. The predicted molar refractivity (Wildman–Crippen MR) is 91.0 cm³/mol. The van der Waals surface area contributed by atoms with E-state index in [9.17, 15) is 0 Å². The van der Waals surface area contributed by atoms with Crippen LogP contribution in [0.5, 0.6) is 0 Å². The molecule has 21 heavy (non-hydrogen) atoms. The molecule has 0 saturated heterocycles. The molecule has 0 saturated carbocycles. The Morgan fingerprint density at radius 3 is 2.90 bits per heavy atom. The highest BCUT2D eigenvalue weighted by Gasteiger charge is 2.24. The van der Waals surface area contributed by atoms with Crippen molar-refractivity contribution in [1.29, 1.82) is 0 Å². The van der Waals surface area contributed by atoms with Gasteiger partial charge in [-0.3, -0.25) is 0 Å². The van der Waals surface area contributed by atoms with Gasteiger partial charge in [0.25, 0.3) is 0 Å². The average molecular weight is 386 g/mol. The van der Waals surface area contributed by atoms with E-state index in [0.717, 1.165) is 38.9 Å². The first-order valence-electron chi connectivity index (χ1n) is 6.68. The maximum Gasteiger partial charge on any atom is 0.212 e. The Kier molecular flexibility index (Phi) is 4.57. The van der Waals surface area contributed by atoms with Crippen LogP contribution in [-0.2, 0) is 6.42 Å². The fourth-order valence-electron chi connectivity index (χ4n) is 2.07. The Bertz CT molecular complexity index is 668. The number of thioether (sulfide) groups is 1. The van der Waals surface area contributed by atoms with E-state index in [2.05, 4.69) is 38.5 Å². The Hall–Kier alpha value is -0.980. The van der Waals surface area contributed by atoms with E-state index in [1.807, 2.05) is 35.0 Å². The fourth-order valence-corrected chi connectivity index (χ4v) is 3.60. The second-order valence-electron chi connectivity index (χ2n) is 4.67. The van der Waals surface area contributed by atoms with Crippen molar-refractivity contribution in [3.05, 3.63) is 46.2 Å². The molecule has 1 aromatic carbocycles. The number of nitrogens with zero attached hydrogens (tertiary/aromatic N) is 3. The van der Waals surface area contributed by atoms with E-state index >= 15 is 0 Å². The van der Waals surface area contributed by atoms with Gasteiger partial charge in [0.2, 0.25) is 5.16 Å². The van der Waals surface area contributed by atoms with Crippen molar-refractivity contribution >= 4 is 44.3 Å². The minimum atomic E-state index is 0.0715. The third-order valence-corrected chi connectivity index (χ3v) is 4.92. The van der Waals surface area contributed by atoms with Crippen molar-refractivity contribution in [2.45, 2.75) is 30.3 Å². The lowest BCUT2D eigenvalue weighted by Crippen LogP contribution is -2.19. The maximum atomic E-state index is 6.40. The average Bonchev–Trinajstić information content (AvgIpc) is 3.01. The zero-order valence-electron chi connectivity index (χ0n) is 11.4. The zero-order valence-corrected chi connectivity index (χ0v) is 14.5. The number of aromatic nitrogens is 3. The van der Waals surface area contributed by atoms with Crippen LogP contribution in [-0.4, -0.2) is 20.2 Å². The summed E-state index contributed by atoms with van der Waals surface area (Å²) in [4.78, 5) is 0. The number of hydrogen-bond acceptors (Lipinski definition) is 4. The molecule has 0 aliphatic carbocycles. The number of halogens is 2. The molecule has 2 aromatic rings. The Balaban J connectivity index is 1.75. The van der Waals surface area contributed by atoms with E-state index in [1.165, 1.54) is 0 Å². The highest BCUT2D eigenvalue weighted by atomic mass is 79.9. The number of nitrogens with one attached hydrogen (secondary N) is 1. The summed E-state index contributed by atoms with van der Waals surface area (Å²) in [6.07, 6.45) is 3.96. The molecule has 2 heterocycles. The first-order valence-corrected chi connectivity index (χ1v) is 8.73. The second kappa shape index (κ2) is 6.42. The summed E-state index contributed by atoms with van der Waals surface area (Å²) in [5.41, 5.74) is 4.36. The van der Waals surface area contributed by atoms with Crippen molar-refractivity contribution in [2.24, 2.45) is 0 Å². The molecule has 3 rings (SSSR count). The van der Waals surface area contributed by atoms with Crippen LogP contribution >= 0.6 is 39.3 Å². The molecule has 1 unspecified atom stereocenters. The van der Waals surface area contributed by atoms with Gasteiger partial charge < -0.3 is 5.43 Å². The molecule has 0 fully saturated rings. The summed E-state index contributed by atoms with van der Waals surface area (Å²) in [7, 11) is 0. The van der Waals surface area contributed by atoms with Gasteiger partial charge in [-0.05, 0) is 30.2 Å². The lowest BCUT2D eigenvalue weighted by Gasteiger charge is -2.08. The summed E-state index contributed by atoms with van der Waals surface area (Å²) in [6, 6.07) is 7.94. The van der Waals surface area contributed by atoms with E-state index in [4.69, 9.17) is 11.6 Å². The summed E-state index contributed by atoms with van der Waals surface area (Å²) >= 11 is 11.4. The van der Waals surface area contributed by atoms with Crippen molar-refractivity contribution in [2.75, 3.05) is 5.43 Å². The number of fused-ring (bicyclic) bond motifs is 1. The smallest absolute Gasteiger partial charge is 0.212 e. The van der Waals surface area contributed by atoms with E-state index in [1.54, 1.807) is 11.8 Å². The number of benzene rings is 1. The van der Waals surface area contributed by atoms with E-state index in [-0.39, 0.29) is 5.37 Å².